The van der Waals surface area contributed by atoms with E-state index in [-0.39, 0.29) is 17.6 Å². The second kappa shape index (κ2) is 5.92. The molecule has 0 bridgehead atoms. The van der Waals surface area contributed by atoms with E-state index >= 15 is 0 Å². The number of ether oxygens (including phenoxy) is 1. The van der Waals surface area contributed by atoms with E-state index in [9.17, 15) is 9.59 Å². The number of carboxylic acid groups (broad SMARTS) is 1. The summed E-state index contributed by atoms with van der Waals surface area (Å²) in [7, 11) is 1.71. The zero-order valence-electron chi connectivity index (χ0n) is 11.5. The average Bonchev–Trinajstić information content (AvgIpc) is 2.93. The number of anilines is 1. The van der Waals surface area contributed by atoms with Crippen LogP contribution >= 0.6 is 0 Å². The molecule has 2 rings (SSSR count). The van der Waals surface area contributed by atoms with Gasteiger partial charge in [0.25, 0.3) is 0 Å². The Bertz CT molecular complexity index is 524. The number of carboxylic acids is 1. The molecule has 1 atom stereocenters. The first-order chi connectivity index (χ1) is 9.50. The van der Waals surface area contributed by atoms with Crippen molar-refractivity contribution in [1.29, 1.82) is 0 Å². The van der Waals surface area contributed by atoms with Gasteiger partial charge in [-0.2, -0.15) is 0 Å². The average molecular weight is 278 g/mol. The molecule has 108 valence electrons. The first-order valence-electron chi connectivity index (χ1n) is 6.45. The van der Waals surface area contributed by atoms with Crippen LogP contribution in [0.3, 0.4) is 0 Å². The standard InChI is InChI=1S/C14H18N2O4/c1-9-11(13(17)18)4-3-5-12(9)15-14(19)16(2)10-6-7-20-8-10/h3-5,10H,6-8H2,1-2H3,(H,15,19)(H,17,18). The summed E-state index contributed by atoms with van der Waals surface area (Å²) < 4.78 is 5.25. The summed E-state index contributed by atoms with van der Waals surface area (Å²) in [4.78, 5) is 24.8. The molecule has 1 heterocycles. The molecule has 20 heavy (non-hydrogen) atoms. The largest absolute Gasteiger partial charge is 0.478 e. The molecule has 0 radical (unpaired) electrons. The number of carbonyl (C=O) groups is 2. The van der Waals surface area contributed by atoms with Gasteiger partial charge in [0, 0.05) is 19.3 Å². The fourth-order valence-corrected chi connectivity index (χ4v) is 2.20. The molecule has 0 spiro atoms. The Kier molecular flexibility index (Phi) is 4.24. The van der Waals surface area contributed by atoms with Gasteiger partial charge in [-0.3, -0.25) is 0 Å². The first-order valence-corrected chi connectivity index (χ1v) is 6.45. The summed E-state index contributed by atoms with van der Waals surface area (Å²) in [5.74, 6) is -1.00. The van der Waals surface area contributed by atoms with Crippen molar-refractivity contribution in [3.8, 4) is 0 Å². The predicted molar refractivity (Wildman–Crippen MR) is 74.1 cm³/mol. The van der Waals surface area contributed by atoms with E-state index in [1.54, 1.807) is 31.0 Å². The SMILES string of the molecule is Cc1c(NC(=O)N(C)C2CCOC2)cccc1C(=O)O. The lowest BCUT2D eigenvalue weighted by atomic mass is 10.1. The second-order valence-corrected chi connectivity index (χ2v) is 4.84. The number of urea groups is 1. The Balaban J connectivity index is 2.11. The van der Waals surface area contributed by atoms with Gasteiger partial charge in [-0.25, -0.2) is 9.59 Å². The summed E-state index contributed by atoms with van der Waals surface area (Å²) in [6.07, 6.45) is 0.818. The predicted octanol–water partition coefficient (Wildman–Crippen LogP) is 1.95. The molecule has 1 fully saturated rings. The lowest BCUT2D eigenvalue weighted by Gasteiger charge is -2.24. The highest BCUT2D eigenvalue weighted by Crippen LogP contribution is 2.20. The third kappa shape index (κ3) is 2.91. The first kappa shape index (κ1) is 14.3. The van der Waals surface area contributed by atoms with Crippen molar-refractivity contribution in [2.24, 2.45) is 0 Å². The number of rotatable bonds is 3. The van der Waals surface area contributed by atoms with Crippen molar-refractivity contribution >= 4 is 17.7 Å². The van der Waals surface area contributed by atoms with Crippen LogP contribution < -0.4 is 5.32 Å². The van der Waals surface area contributed by atoms with Gasteiger partial charge in [0.2, 0.25) is 0 Å². The van der Waals surface area contributed by atoms with E-state index in [1.807, 2.05) is 0 Å². The van der Waals surface area contributed by atoms with Crippen molar-refractivity contribution in [2.45, 2.75) is 19.4 Å². The lowest BCUT2D eigenvalue weighted by Crippen LogP contribution is -2.40. The quantitative estimate of drug-likeness (QED) is 0.885. The van der Waals surface area contributed by atoms with Gasteiger partial charge in [0.15, 0.2) is 0 Å². The zero-order chi connectivity index (χ0) is 14.7. The summed E-state index contributed by atoms with van der Waals surface area (Å²) in [5, 5.41) is 11.8. The molecule has 6 heteroatoms. The van der Waals surface area contributed by atoms with E-state index < -0.39 is 5.97 Å². The number of hydrogen-bond acceptors (Lipinski definition) is 3. The highest BCUT2D eigenvalue weighted by Gasteiger charge is 2.24. The number of carbonyl (C=O) groups excluding carboxylic acids is 1. The Morgan fingerprint density at radius 2 is 2.20 bits per heavy atom. The second-order valence-electron chi connectivity index (χ2n) is 4.84. The Morgan fingerprint density at radius 3 is 2.80 bits per heavy atom. The van der Waals surface area contributed by atoms with Gasteiger partial charge in [0.05, 0.1) is 18.2 Å². The van der Waals surface area contributed by atoms with E-state index in [0.717, 1.165) is 6.42 Å². The molecule has 2 N–H and O–H groups in total. The van der Waals surface area contributed by atoms with Gasteiger partial charge < -0.3 is 20.1 Å². The molecule has 2 amide bonds. The van der Waals surface area contributed by atoms with Crippen LogP contribution in [0.4, 0.5) is 10.5 Å². The van der Waals surface area contributed by atoms with Crippen LogP contribution in [0.2, 0.25) is 0 Å². The number of hydrogen-bond donors (Lipinski definition) is 2. The topological polar surface area (TPSA) is 78.9 Å². The maximum absolute atomic E-state index is 12.1. The molecule has 1 aromatic carbocycles. The van der Waals surface area contributed by atoms with Crippen molar-refractivity contribution in [3.63, 3.8) is 0 Å². The number of likely N-dealkylation sites (N-methyl/N-ethyl adjacent to an activating group) is 1. The molecule has 1 unspecified atom stereocenters. The zero-order valence-corrected chi connectivity index (χ0v) is 11.5. The fourth-order valence-electron chi connectivity index (χ4n) is 2.20. The van der Waals surface area contributed by atoms with Gasteiger partial charge >= 0.3 is 12.0 Å². The van der Waals surface area contributed by atoms with Gasteiger partial charge in [-0.05, 0) is 31.0 Å². The van der Waals surface area contributed by atoms with Gasteiger partial charge in [0.1, 0.15) is 0 Å². The minimum Gasteiger partial charge on any atom is -0.478 e. The molecule has 0 aliphatic carbocycles. The number of amides is 2. The van der Waals surface area contributed by atoms with Crippen LogP contribution in [0.15, 0.2) is 18.2 Å². The highest BCUT2D eigenvalue weighted by molar-refractivity contribution is 5.95. The van der Waals surface area contributed by atoms with Crippen molar-refractivity contribution in [3.05, 3.63) is 29.3 Å². The number of nitrogens with zero attached hydrogens (tertiary/aromatic N) is 1. The maximum Gasteiger partial charge on any atom is 0.336 e. The van der Waals surface area contributed by atoms with Crippen molar-refractivity contribution in [1.82, 2.24) is 4.90 Å². The Labute approximate surface area is 117 Å². The fraction of sp³-hybridized carbons (Fsp3) is 0.429. The summed E-state index contributed by atoms with van der Waals surface area (Å²) in [5.41, 5.74) is 1.25. The third-order valence-corrected chi connectivity index (χ3v) is 3.58. The van der Waals surface area contributed by atoms with Crippen LogP contribution in [0.1, 0.15) is 22.3 Å². The van der Waals surface area contributed by atoms with Crippen LogP contribution in [0.5, 0.6) is 0 Å². The van der Waals surface area contributed by atoms with Gasteiger partial charge in [-0.15, -0.1) is 0 Å². The summed E-state index contributed by atoms with van der Waals surface area (Å²) in [6, 6.07) is 4.63. The van der Waals surface area contributed by atoms with Crippen LogP contribution in [-0.4, -0.2) is 48.3 Å². The highest BCUT2D eigenvalue weighted by atomic mass is 16.5. The lowest BCUT2D eigenvalue weighted by molar-refractivity contribution is 0.0696. The van der Waals surface area contributed by atoms with Crippen LogP contribution in [0.25, 0.3) is 0 Å². The van der Waals surface area contributed by atoms with Gasteiger partial charge in [-0.1, -0.05) is 6.07 Å². The molecule has 0 aromatic heterocycles. The molecule has 0 saturated carbocycles. The van der Waals surface area contributed by atoms with E-state index in [4.69, 9.17) is 9.84 Å². The van der Waals surface area contributed by atoms with Crippen molar-refractivity contribution in [2.75, 3.05) is 25.6 Å². The number of benzene rings is 1. The van der Waals surface area contributed by atoms with Crippen LogP contribution in [-0.2, 0) is 4.74 Å². The van der Waals surface area contributed by atoms with E-state index in [1.165, 1.54) is 6.07 Å². The molecule has 1 aliphatic rings. The van der Waals surface area contributed by atoms with Crippen LogP contribution in [0, 0.1) is 6.92 Å². The molecule has 6 nitrogen and oxygen atoms in total. The van der Waals surface area contributed by atoms with Crippen molar-refractivity contribution < 1.29 is 19.4 Å². The maximum atomic E-state index is 12.1. The minimum absolute atomic E-state index is 0.0676. The molecule has 1 saturated heterocycles. The van der Waals surface area contributed by atoms with E-state index in [2.05, 4.69) is 5.32 Å². The smallest absolute Gasteiger partial charge is 0.336 e. The minimum atomic E-state index is -1.00. The Hall–Kier alpha value is -2.08. The number of aromatic carboxylic acids is 1. The van der Waals surface area contributed by atoms with E-state index in [0.29, 0.717) is 24.5 Å². The summed E-state index contributed by atoms with van der Waals surface area (Å²) >= 11 is 0. The molecular formula is C14H18N2O4. The monoisotopic (exact) mass is 278 g/mol. The molecular weight excluding hydrogens is 260 g/mol. The molecule has 1 aromatic rings. The molecule has 1 aliphatic heterocycles. The summed E-state index contributed by atoms with van der Waals surface area (Å²) in [6.45, 7) is 2.88. The Morgan fingerprint density at radius 1 is 1.45 bits per heavy atom. The normalized spacial score (nSPS) is 17.8. The number of nitrogens with one attached hydrogen (secondary N) is 1. The third-order valence-electron chi connectivity index (χ3n) is 3.58.